The molecule has 144 valence electrons. The van der Waals surface area contributed by atoms with E-state index in [2.05, 4.69) is 0 Å². The summed E-state index contributed by atoms with van der Waals surface area (Å²) in [5, 5.41) is 12.4. The van der Waals surface area contributed by atoms with Gasteiger partial charge in [0.2, 0.25) is 6.79 Å². The lowest BCUT2D eigenvalue weighted by Crippen LogP contribution is -2.31. The number of methoxy groups -OCH3 is 1. The molecule has 3 aromatic rings. The van der Waals surface area contributed by atoms with E-state index in [9.17, 15) is 9.67 Å². The van der Waals surface area contributed by atoms with Crippen LogP contribution in [0.25, 0.3) is 0 Å². The van der Waals surface area contributed by atoms with Crippen molar-refractivity contribution in [2.75, 3.05) is 13.9 Å². The van der Waals surface area contributed by atoms with Gasteiger partial charge in [0.15, 0.2) is 18.6 Å². The number of aliphatic hydroxyl groups is 1. The molecule has 0 radical (unpaired) electrons. The third-order valence-corrected chi connectivity index (χ3v) is 8.23. The third kappa shape index (κ3) is 3.22. The number of aliphatic hydroxyl groups excluding tert-OH is 1. The van der Waals surface area contributed by atoms with Crippen LogP contribution in [0.15, 0.2) is 78.9 Å². The van der Waals surface area contributed by atoms with Gasteiger partial charge in [-0.1, -0.05) is 66.7 Å². The molecule has 28 heavy (non-hydrogen) atoms. The Morgan fingerprint density at radius 2 is 1.46 bits per heavy atom. The molecule has 6 heteroatoms. The first-order valence-electron chi connectivity index (χ1n) is 8.96. The molecule has 0 aromatic heterocycles. The van der Waals surface area contributed by atoms with Gasteiger partial charge in [-0.25, -0.2) is 0 Å². The van der Waals surface area contributed by atoms with Gasteiger partial charge in [0.05, 0.1) is 0 Å². The average molecular weight is 396 g/mol. The summed E-state index contributed by atoms with van der Waals surface area (Å²) in [4.78, 5) is 0. The van der Waals surface area contributed by atoms with Crippen LogP contribution >= 0.6 is 7.14 Å². The number of hydrogen-bond donors (Lipinski definition) is 1. The third-order valence-electron chi connectivity index (χ3n) is 4.89. The van der Waals surface area contributed by atoms with Gasteiger partial charge in [-0.2, -0.15) is 0 Å². The van der Waals surface area contributed by atoms with Crippen LogP contribution in [0.4, 0.5) is 0 Å². The Bertz CT molecular complexity index is 947. The molecular formula is C22H21O5P. The normalized spacial score (nSPS) is 15.2. The van der Waals surface area contributed by atoms with Crippen molar-refractivity contribution in [2.24, 2.45) is 0 Å². The molecule has 0 fully saturated rings. The first-order chi connectivity index (χ1) is 13.6. The molecule has 0 saturated heterocycles. The van der Waals surface area contributed by atoms with Crippen molar-refractivity contribution in [3.05, 3.63) is 84.4 Å². The SMILES string of the molecule is CO[C@@H]([C@H](O)c1ccc2c(c1)OCO2)P(=O)(c1ccccc1)c1ccccc1. The molecule has 1 aliphatic rings. The Morgan fingerprint density at radius 1 is 0.893 bits per heavy atom. The van der Waals surface area contributed by atoms with Crippen LogP contribution in [-0.4, -0.2) is 24.9 Å². The fourth-order valence-electron chi connectivity index (χ4n) is 3.48. The van der Waals surface area contributed by atoms with Gasteiger partial charge in [0, 0.05) is 17.7 Å². The standard InChI is InChI=1S/C22H21O5P/c1-25-22(21(23)16-12-13-19-20(14-16)27-15-26-19)28(24,17-8-4-2-5-9-17)18-10-6-3-7-11-18/h2-14,21-23H,15H2,1H3/t21-,22-/m1/s1. The molecule has 2 atom stereocenters. The van der Waals surface area contributed by atoms with Crippen molar-refractivity contribution in [2.45, 2.75) is 11.9 Å². The minimum Gasteiger partial charge on any atom is -0.454 e. The highest BCUT2D eigenvalue weighted by Crippen LogP contribution is 2.53. The summed E-state index contributed by atoms with van der Waals surface area (Å²) in [6.07, 6.45) is -1.12. The molecule has 3 aromatic carbocycles. The number of rotatable bonds is 6. The van der Waals surface area contributed by atoms with Crippen LogP contribution in [0.3, 0.4) is 0 Å². The summed E-state index contributed by atoms with van der Waals surface area (Å²) in [7, 11) is -1.85. The Morgan fingerprint density at radius 3 is 2.04 bits per heavy atom. The molecule has 0 aliphatic carbocycles. The van der Waals surface area contributed by atoms with E-state index in [0.717, 1.165) is 0 Å². The van der Waals surface area contributed by atoms with Gasteiger partial charge in [-0.15, -0.1) is 0 Å². The first kappa shape index (κ1) is 18.8. The maximum Gasteiger partial charge on any atom is 0.231 e. The van der Waals surface area contributed by atoms with E-state index < -0.39 is 19.1 Å². The van der Waals surface area contributed by atoms with E-state index in [4.69, 9.17) is 14.2 Å². The Kier molecular flexibility index (Phi) is 5.23. The van der Waals surface area contributed by atoms with E-state index in [1.807, 2.05) is 60.7 Å². The van der Waals surface area contributed by atoms with Gasteiger partial charge in [-0.05, 0) is 17.7 Å². The van der Waals surface area contributed by atoms with Crippen LogP contribution in [-0.2, 0) is 9.30 Å². The maximum absolute atomic E-state index is 14.5. The lowest BCUT2D eigenvalue weighted by atomic mass is 10.1. The molecule has 0 unspecified atom stereocenters. The largest absolute Gasteiger partial charge is 0.454 e. The topological polar surface area (TPSA) is 65.0 Å². The number of fused-ring (bicyclic) bond motifs is 1. The molecule has 0 bridgehead atoms. The lowest BCUT2D eigenvalue weighted by Gasteiger charge is -2.31. The van der Waals surface area contributed by atoms with Crippen molar-refractivity contribution >= 4 is 17.8 Å². The molecule has 0 amide bonds. The molecule has 1 N–H and O–H groups in total. The minimum absolute atomic E-state index is 0.148. The van der Waals surface area contributed by atoms with E-state index in [1.165, 1.54) is 7.11 Å². The van der Waals surface area contributed by atoms with E-state index >= 15 is 0 Å². The highest BCUT2D eigenvalue weighted by molar-refractivity contribution is 7.79. The lowest BCUT2D eigenvalue weighted by molar-refractivity contribution is 0.0353. The minimum atomic E-state index is -3.32. The van der Waals surface area contributed by atoms with Gasteiger partial charge in [-0.3, -0.25) is 0 Å². The van der Waals surface area contributed by atoms with Crippen LogP contribution in [0.2, 0.25) is 0 Å². The van der Waals surface area contributed by atoms with E-state index in [-0.39, 0.29) is 6.79 Å². The van der Waals surface area contributed by atoms with Crippen LogP contribution in [0.5, 0.6) is 11.5 Å². The van der Waals surface area contributed by atoms with E-state index in [0.29, 0.717) is 27.7 Å². The average Bonchev–Trinajstić information content (AvgIpc) is 3.23. The Hall–Kier alpha value is -2.59. The second-order valence-electron chi connectivity index (χ2n) is 6.51. The molecule has 0 saturated carbocycles. The van der Waals surface area contributed by atoms with Gasteiger partial charge in [0.25, 0.3) is 0 Å². The van der Waals surface area contributed by atoms with Gasteiger partial charge in [0.1, 0.15) is 11.9 Å². The quantitative estimate of drug-likeness (QED) is 0.647. The first-order valence-corrected chi connectivity index (χ1v) is 10.7. The number of ether oxygens (including phenoxy) is 3. The van der Waals surface area contributed by atoms with Crippen molar-refractivity contribution in [1.29, 1.82) is 0 Å². The van der Waals surface area contributed by atoms with Crippen molar-refractivity contribution in [1.82, 2.24) is 0 Å². The van der Waals surface area contributed by atoms with Crippen molar-refractivity contribution in [3.8, 4) is 11.5 Å². The second kappa shape index (κ2) is 7.80. The summed E-state index contributed by atoms with van der Waals surface area (Å²) in [5.41, 5.74) is 0.559. The number of benzene rings is 3. The smallest absolute Gasteiger partial charge is 0.231 e. The predicted molar refractivity (Wildman–Crippen MR) is 108 cm³/mol. The van der Waals surface area contributed by atoms with Crippen LogP contribution < -0.4 is 20.1 Å². The molecular weight excluding hydrogens is 375 g/mol. The number of hydrogen-bond acceptors (Lipinski definition) is 5. The van der Waals surface area contributed by atoms with Gasteiger partial charge >= 0.3 is 0 Å². The zero-order valence-corrected chi connectivity index (χ0v) is 16.3. The Labute approximate surface area is 163 Å². The highest BCUT2D eigenvalue weighted by Gasteiger charge is 2.42. The summed E-state index contributed by atoms with van der Waals surface area (Å²) in [5.74, 6) is 0.220. The monoisotopic (exact) mass is 396 g/mol. The molecule has 5 nitrogen and oxygen atoms in total. The van der Waals surface area contributed by atoms with Crippen molar-refractivity contribution < 1.29 is 23.9 Å². The summed E-state index contributed by atoms with van der Waals surface area (Å²) in [6, 6.07) is 23.5. The fraction of sp³-hybridized carbons (Fsp3) is 0.182. The summed E-state index contributed by atoms with van der Waals surface area (Å²) >= 11 is 0. The fourth-order valence-corrected chi connectivity index (χ4v) is 6.46. The molecule has 1 heterocycles. The van der Waals surface area contributed by atoms with Crippen LogP contribution in [0.1, 0.15) is 11.7 Å². The maximum atomic E-state index is 14.5. The Balaban J connectivity index is 1.81. The van der Waals surface area contributed by atoms with Crippen LogP contribution in [0, 0.1) is 0 Å². The van der Waals surface area contributed by atoms with Crippen molar-refractivity contribution in [3.63, 3.8) is 0 Å². The molecule has 1 aliphatic heterocycles. The highest BCUT2D eigenvalue weighted by atomic mass is 31.2. The van der Waals surface area contributed by atoms with E-state index in [1.54, 1.807) is 18.2 Å². The van der Waals surface area contributed by atoms with Gasteiger partial charge < -0.3 is 23.9 Å². The zero-order chi connectivity index (χ0) is 19.6. The zero-order valence-electron chi connectivity index (χ0n) is 15.4. The molecule has 4 rings (SSSR count). The predicted octanol–water partition coefficient (Wildman–Crippen LogP) is 3.44. The summed E-state index contributed by atoms with van der Waals surface area (Å²) < 4.78 is 30.9. The second-order valence-corrected chi connectivity index (χ2v) is 9.37. The summed E-state index contributed by atoms with van der Waals surface area (Å²) in [6.45, 7) is 0.148. The molecule has 0 spiro atoms.